The fraction of sp³-hybridized carbons (Fsp3) is 0.200. The predicted octanol–water partition coefficient (Wildman–Crippen LogP) is 4.27. The fourth-order valence-corrected chi connectivity index (χ4v) is 4.40. The Bertz CT molecular complexity index is 1430. The van der Waals surface area contributed by atoms with Gasteiger partial charge in [-0.1, -0.05) is 30.3 Å². The maximum atomic E-state index is 9.89. The van der Waals surface area contributed by atoms with Gasteiger partial charge in [-0.3, -0.25) is 4.98 Å². The molecule has 5 aromatic rings. The van der Waals surface area contributed by atoms with Gasteiger partial charge in [-0.25, -0.2) is 4.98 Å². The molecule has 3 N–H and O–H groups in total. The molecule has 8 heteroatoms. The van der Waals surface area contributed by atoms with Crippen molar-refractivity contribution in [3.05, 3.63) is 67.1 Å². The number of nitrogens with one attached hydrogen (secondary N) is 2. The van der Waals surface area contributed by atoms with Gasteiger partial charge in [0.05, 0.1) is 17.9 Å². The van der Waals surface area contributed by atoms with Crippen LogP contribution < -0.4 is 10.2 Å². The number of hydrogen-bond donors (Lipinski definition) is 3. The summed E-state index contributed by atoms with van der Waals surface area (Å²) in [4.78, 5) is 23.7. The highest BCUT2D eigenvalue weighted by atomic mass is 16.3. The highest BCUT2D eigenvalue weighted by Crippen LogP contribution is 2.31. The summed E-state index contributed by atoms with van der Waals surface area (Å²) in [5.41, 5.74) is 5.50. The molecule has 0 bridgehead atoms. The van der Waals surface area contributed by atoms with Crippen molar-refractivity contribution in [1.29, 1.82) is 0 Å². The Balaban J connectivity index is 1.38. The first-order valence-corrected chi connectivity index (χ1v) is 11.1. The van der Waals surface area contributed by atoms with Crippen LogP contribution in [0, 0.1) is 0 Å². The van der Waals surface area contributed by atoms with Crippen LogP contribution in [0.5, 0.6) is 0 Å². The summed E-state index contributed by atoms with van der Waals surface area (Å²) in [5, 5.41) is 14.3. The summed E-state index contributed by atoms with van der Waals surface area (Å²) in [6.07, 6.45) is 4.68. The van der Waals surface area contributed by atoms with E-state index >= 15 is 0 Å². The molecule has 0 spiro atoms. The Hall–Kier alpha value is -4.04. The van der Waals surface area contributed by atoms with Crippen molar-refractivity contribution >= 4 is 39.5 Å². The number of aromatic amines is 1. The number of imidazole rings is 1. The molecule has 6 rings (SSSR count). The quantitative estimate of drug-likeness (QED) is 0.386. The molecule has 1 aliphatic heterocycles. The van der Waals surface area contributed by atoms with E-state index in [0.717, 1.165) is 65.0 Å². The molecule has 0 saturated carbocycles. The van der Waals surface area contributed by atoms with E-state index in [1.807, 2.05) is 42.6 Å². The van der Waals surface area contributed by atoms with Gasteiger partial charge < -0.3 is 20.3 Å². The van der Waals surface area contributed by atoms with Gasteiger partial charge in [-0.05, 0) is 48.2 Å². The maximum Gasteiger partial charge on any atom is 0.231 e. The highest BCUT2D eigenvalue weighted by molar-refractivity contribution is 5.96. The Morgan fingerprint density at radius 1 is 0.970 bits per heavy atom. The van der Waals surface area contributed by atoms with Gasteiger partial charge in [0, 0.05) is 30.4 Å². The molecule has 1 fully saturated rings. The molecule has 2 aromatic carbocycles. The number of hydrogen-bond acceptors (Lipinski definition) is 7. The van der Waals surface area contributed by atoms with Crippen LogP contribution in [0.25, 0.3) is 33.2 Å². The molecule has 0 atom stereocenters. The number of pyridine rings is 1. The van der Waals surface area contributed by atoms with Crippen LogP contribution in [0.1, 0.15) is 12.8 Å². The largest absolute Gasteiger partial charge is 0.393 e. The van der Waals surface area contributed by atoms with Gasteiger partial charge in [0.2, 0.25) is 5.95 Å². The summed E-state index contributed by atoms with van der Waals surface area (Å²) in [6.45, 7) is 1.49. The fourth-order valence-electron chi connectivity index (χ4n) is 4.40. The van der Waals surface area contributed by atoms with Crippen molar-refractivity contribution < 1.29 is 5.11 Å². The number of rotatable bonds is 4. The number of anilines is 3. The second-order valence-electron chi connectivity index (χ2n) is 8.27. The van der Waals surface area contributed by atoms with E-state index in [9.17, 15) is 5.11 Å². The smallest absolute Gasteiger partial charge is 0.231 e. The minimum atomic E-state index is -0.247. The molecule has 8 nitrogen and oxygen atoms in total. The first-order valence-electron chi connectivity index (χ1n) is 11.1. The topological polar surface area (TPSA) is 103 Å². The highest BCUT2D eigenvalue weighted by Gasteiger charge is 2.22. The molecule has 164 valence electrons. The molecule has 4 heterocycles. The van der Waals surface area contributed by atoms with E-state index in [-0.39, 0.29) is 6.10 Å². The summed E-state index contributed by atoms with van der Waals surface area (Å²) in [6, 6.07) is 18.4. The third kappa shape index (κ3) is 3.74. The number of aliphatic hydroxyl groups excluding tert-OH is 1. The summed E-state index contributed by atoms with van der Waals surface area (Å²) in [7, 11) is 0. The molecule has 3 aromatic heterocycles. The zero-order chi connectivity index (χ0) is 22.2. The van der Waals surface area contributed by atoms with Crippen LogP contribution in [0.4, 0.5) is 17.5 Å². The Morgan fingerprint density at radius 3 is 2.67 bits per heavy atom. The Morgan fingerprint density at radius 2 is 1.82 bits per heavy atom. The monoisotopic (exact) mass is 437 g/mol. The van der Waals surface area contributed by atoms with Crippen molar-refractivity contribution in [2.75, 3.05) is 23.3 Å². The van der Waals surface area contributed by atoms with Gasteiger partial charge in [0.15, 0.2) is 11.5 Å². The minimum Gasteiger partial charge on any atom is -0.393 e. The van der Waals surface area contributed by atoms with E-state index in [0.29, 0.717) is 11.6 Å². The lowest BCUT2D eigenvalue weighted by atomic mass is 10.0. The van der Waals surface area contributed by atoms with Crippen LogP contribution in [0.3, 0.4) is 0 Å². The number of aromatic nitrogens is 5. The summed E-state index contributed by atoms with van der Waals surface area (Å²) >= 11 is 0. The van der Waals surface area contributed by atoms with Crippen LogP contribution in [0.15, 0.2) is 67.1 Å². The molecule has 33 heavy (non-hydrogen) atoms. The lowest BCUT2D eigenvalue weighted by molar-refractivity contribution is 0.145. The number of piperidine rings is 1. The van der Waals surface area contributed by atoms with Crippen LogP contribution in [-0.2, 0) is 0 Å². The number of fused-ring (bicyclic) bond motifs is 2. The third-order valence-electron chi connectivity index (χ3n) is 6.11. The van der Waals surface area contributed by atoms with E-state index < -0.39 is 0 Å². The van der Waals surface area contributed by atoms with E-state index in [2.05, 4.69) is 48.4 Å². The number of aliphatic hydroxyl groups is 1. The Labute approximate surface area is 190 Å². The minimum absolute atomic E-state index is 0.247. The normalized spacial score (nSPS) is 14.8. The summed E-state index contributed by atoms with van der Waals surface area (Å²) in [5.74, 6) is 1.29. The lowest BCUT2D eigenvalue weighted by Gasteiger charge is -2.30. The maximum absolute atomic E-state index is 9.89. The van der Waals surface area contributed by atoms with Crippen molar-refractivity contribution in [3.63, 3.8) is 0 Å². The third-order valence-corrected chi connectivity index (χ3v) is 6.11. The van der Waals surface area contributed by atoms with Crippen molar-refractivity contribution in [1.82, 2.24) is 24.9 Å². The molecule has 0 radical (unpaired) electrons. The average Bonchev–Trinajstić information content (AvgIpc) is 3.33. The van der Waals surface area contributed by atoms with E-state index in [1.54, 1.807) is 6.33 Å². The zero-order valence-corrected chi connectivity index (χ0v) is 17.9. The van der Waals surface area contributed by atoms with Gasteiger partial charge in [-0.15, -0.1) is 0 Å². The van der Waals surface area contributed by atoms with Crippen LogP contribution in [0.2, 0.25) is 0 Å². The van der Waals surface area contributed by atoms with Gasteiger partial charge in [-0.2, -0.15) is 9.97 Å². The predicted molar refractivity (Wildman–Crippen MR) is 130 cm³/mol. The number of H-pyrrole nitrogens is 1. The average molecular weight is 438 g/mol. The first kappa shape index (κ1) is 19.6. The zero-order valence-electron chi connectivity index (χ0n) is 17.9. The molecular weight excluding hydrogens is 414 g/mol. The van der Waals surface area contributed by atoms with Gasteiger partial charge in [0.25, 0.3) is 0 Å². The van der Waals surface area contributed by atoms with Crippen molar-refractivity contribution in [2.45, 2.75) is 18.9 Å². The first-order chi connectivity index (χ1) is 16.2. The van der Waals surface area contributed by atoms with E-state index in [1.165, 1.54) is 0 Å². The second-order valence-corrected chi connectivity index (χ2v) is 8.27. The molecule has 0 amide bonds. The number of benzene rings is 2. The van der Waals surface area contributed by atoms with Gasteiger partial charge >= 0.3 is 0 Å². The van der Waals surface area contributed by atoms with Crippen molar-refractivity contribution in [2.24, 2.45) is 0 Å². The van der Waals surface area contributed by atoms with E-state index in [4.69, 9.17) is 4.98 Å². The molecular formula is C25H23N7O. The van der Waals surface area contributed by atoms with Crippen LogP contribution >= 0.6 is 0 Å². The van der Waals surface area contributed by atoms with Crippen molar-refractivity contribution in [3.8, 4) is 11.1 Å². The molecule has 1 aliphatic rings. The standard InChI is InChI=1S/C25H23N7O/c33-18-9-12-32(13-10-18)24-22-23(28-15-27-22)30-25(31-24)29-17-6-7-21-20(14-17)19(8-11-26-21)16-4-2-1-3-5-16/h1-8,11,14-15,18,33H,9-10,12-13H2,(H2,27,28,29,30,31). The lowest BCUT2D eigenvalue weighted by Crippen LogP contribution is -2.36. The molecule has 1 saturated heterocycles. The number of nitrogens with zero attached hydrogens (tertiary/aromatic N) is 5. The summed E-state index contributed by atoms with van der Waals surface area (Å²) < 4.78 is 0. The van der Waals surface area contributed by atoms with Crippen LogP contribution in [-0.4, -0.2) is 49.2 Å². The molecule has 0 unspecified atom stereocenters. The Kier molecular flexibility index (Phi) is 4.84. The SMILES string of the molecule is OC1CCN(c2nc(Nc3ccc4nccc(-c5ccccc5)c4c3)nc3nc[nH]c23)CC1. The second kappa shape index (κ2) is 8.14. The molecule has 0 aliphatic carbocycles. The van der Waals surface area contributed by atoms with Gasteiger partial charge in [0.1, 0.15) is 5.52 Å².